The molecule has 28 heavy (non-hydrogen) atoms. The molecule has 1 heterocycles. The molecule has 0 saturated heterocycles. The van der Waals surface area contributed by atoms with E-state index in [1.807, 2.05) is 6.07 Å². The van der Waals surface area contributed by atoms with Crippen molar-refractivity contribution in [3.05, 3.63) is 56.9 Å². The zero-order valence-electron chi connectivity index (χ0n) is 16.2. The van der Waals surface area contributed by atoms with Crippen molar-refractivity contribution in [2.45, 2.75) is 51.5 Å². The number of ether oxygens (including phenoxy) is 1. The lowest BCUT2D eigenvalue weighted by Crippen LogP contribution is -2.31. The van der Waals surface area contributed by atoms with Gasteiger partial charge in [0.15, 0.2) is 5.78 Å². The predicted molar refractivity (Wildman–Crippen MR) is 105 cm³/mol. The second-order valence-corrected chi connectivity index (χ2v) is 7.23. The van der Waals surface area contributed by atoms with Crippen LogP contribution in [0.25, 0.3) is 0 Å². The number of nitrogens with zero attached hydrogens (tertiary/aromatic N) is 2. The molecule has 1 aromatic carbocycles. The van der Waals surface area contributed by atoms with Gasteiger partial charge in [-0.05, 0) is 43.0 Å². The van der Waals surface area contributed by atoms with Crippen LogP contribution in [0, 0.1) is 18.3 Å². The molecule has 0 radical (unpaired) electrons. The van der Waals surface area contributed by atoms with Gasteiger partial charge in [0.1, 0.15) is 17.4 Å². The van der Waals surface area contributed by atoms with Gasteiger partial charge in [0.2, 0.25) is 5.88 Å². The smallest absolute Gasteiger partial charge is 0.271 e. The van der Waals surface area contributed by atoms with Crippen LogP contribution in [0.15, 0.2) is 29.1 Å². The first-order valence-corrected chi connectivity index (χ1v) is 9.52. The van der Waals surface area contributed by atoms with E-state index in [1.165, 1.54) is 4.57 Å². The maximum Gasteiger partial charge on any atom is 0.271 e. The van der Waals surface area contributed by atoms with Crippen LogP contribution >= 0.6 is 0 Å². The third kappa shape index (κ3) is 3.65. The average Bonchev–Trinajstić information content (AvgIpc) is 2.69. The van der Waals surface area contributed by atoms with Crippen LogP contribution in [-0.4, -0.2) is 22.6 Å². The molecule has 2 aromatic rings. The summed E-state index contributed by atoms with van der Waals surface area (Å²) in [6.45, 7) is 1.55. The van der Waals surface area contributed by atoms with Gasteiger partial charge in [-0.3, -0.25) is 14.2 Å². The molecule has 0 amide bonds. The summed E-state index contributed by atoms with van der Waals surface area (Å²) < 4.78 is 6.39. The molecule has 1 aliphatic rings. The zero-order chi connectivity index (χ0) is 20.3. The Kier molecular flexibility index (Phi) is 5.84. The average molecular weight is 380 g/mol. The third-order valence-corrected chi connectivity index (χ3v) is 5.49. The van der Waals surface area contributed by atoms with Crippen LogP contribution in [0.2, 0.25) is 0 Å². The molecule has 0 bridgehead atoms. The minimum absolute atomic E-state index is 0.0616. The number of ketones is 1. The second kappa shape index (κ2) is 8.30. The van der Waals surface area contributed by atoms with Crippen molar-refractivity contribution in [1.82, 2.24) is 4.57 Å². The Morgan fingerprint density at radius 2 is 1.89 bits per heavy atom. The number of rotatable bonds is 5. The van der Waals surface area contributed by atoms with Gasteiger partial charge in [-0.25, -0.2) is 0 Å². The van der Waals surface area contributed by atoms with Crippen molar-refractivity contribution in [3.63, 3.8) is 0 Å². The molecule has 0 aliphatic heterocycles. The highest BCUT2D eigenvalue weighted by molar-refractivity contribution is 6.01. The van der Waals surface area contributed by atoms with E-state index in [9.17, 15) is 20.0 Å². The molecule has 146 valence electrons. The molecule has 0 unspecified atom stereocenters. The lowest BCUT2D eigenvalue weighted by molar-refractivity contribution is 0.0987. The Morgan fingerprint density at radius 3 is 2.46 bits per heavy atom. The Bertz CT molecular complexity index is 978. The standard InChI is InChI=1S/C22H24N2O4/c1-14-18(13-23)21(26)24(16-6-4-3-5-7-16)22(27)20(14)19(25)12-15-8-10-17(28-2)11-9-15/h8-11,16,27H,3-7,12H2,1-2H3. The summed E-state index contributed by atoms with van der Waals surface area (Å²) in [5.41, 5.74) is 0.499. The quantitative estimate of drug-likeness (QED) is 0.799. The van der Waals surface area contributed by atoms with Crippen LogP contribution in [0.4, 0.5) is 0 Å². The minimum Gasteiger partial charge on any atom is -0.497 e. The molecule has 3 rings (SSSR count). The van der Waals surface area contributed by atoms with E-state index in [0.717, 1.165) is 37.7 Å². The Morgan fingerprint density at radius 1 is 1.25 bits per heavy atom. The van der Waals surface area contributed by atoms with Crippen molar-refractivity contribution in [1.29, 1.82) is 5.26 Å². The van der Waals surface area contributed by atoms with Crippen LogP contribution in [0.5, 0.6) is 11.6 Å². The number of nitriles is 1. The van der Waals surface area contributed by atoms with E-state index in [0.29, 0.717) is 5.75 Å². The summed E-state index contributed by atoms with van der Waals surface area (Å²) in [4.78, 5) is 25.8. The monoisotopic (exact) mass is 380 g/mol. The van der Waals surface area contributed by atoms with Crippen LogP contribution in [0.3, 0.4) is 0 Å². The number of carbonyl (C=O) groups is 1. The van der Waals surface area contributed by atoms with E-state index in [-0.39, 0.29) is 40.8 Å². The number of benzene rings is 1. The van der Waals surface area contributed by atoms with Gasteiger partial charge >= 0.3 is 0 Å². The molecule has 1 saturated carbocycles. The van der Waals surface area contributed by atoms with E-state index < -0.39 is 5.56 Å². The third-order valence-electron chi connectivity index (χ3n) is 5.49. The van der Waals surface area contributed by atoms with Crippen LogP contribution in [-0.2, 0) is 6.42 Å². The van der Waals surface area contributed by atoms with E-state index in [2.05, 4.69) is 0 Å². The summed E-state index contributed by atoms with van der Waals surface area (Å²) in [6.07, 6.45) is 4.59. The summed E-state index contributed by atoms with van der Waals surface area (Å²) in [6, 6.07) is 8.84. The van der Waals surface area contributed by atoms with Gasteiger partial charge in [0.25, 0.3) is 5.56 Å². The zero-order valence-corrected chi connectivity index (χ0v) is 16.2. The summed E-state index contributed by atoms with van der Waals surface area (Å²) in [7, 11) is 1.57. The maximum absolute atomic E-state index is 13.0. The maximum atomic E-state index is 13.0. The molecule has 1 aliphatic carbocycles. The molecule has 1 aromatic heterocycles. The Hall–Kier alpha value is -3.07. The fourth-order valence-corrected chi connectivity index (χ4v) is 3.95. The van der Waals surface area contributed by atoms with Gasteiger partial charge in [-0.1, -0.05) is 31.4 Å². The number of carbonyl (C=O) groups excluding carboxylic acids is 1. The van der Waals surface area contributed by atoms with E-state index in [4.69, 9.17) is 4.74 Å². The molecule has 6 heteroatoms. The lowest BCUT2D eigenvalue weighted by Gasteiger charge is -2.26. The highest BCUT2D eigenvalue weighted by Crippen LogP contribution is 2.33. The number of pyridine rings is 1. The summed E-state index contributed by atoms with van der Waals surface area (Å²) in [5, 5.41) is 20.4. The van der Waals surface area contributed by atoms with Crippen molar-refractivity contribution in [2.24, 2.45) is 0 Å². The van der Waals surface area contributed by atoms with Crippen LogP contribution in [0.1, 0.15) is 65.2 Å². The summed E-state index contributed by atoms with van der Waals surface area (Å²) >= 11 is 0. The lowest BCUT2D eigenvalue weighted by atomic mass is 9.93. The number of aromatic nitrogens is 1. The number of hydrogen-bond donors (Lipinski definition) is 1. The first kappa shape index (κ1) is 19.7. The van der Waals surface area contributed by atoms with Gasteiger partial charge in [-0.2, -0.15) is 5.26 Å². The highest BCUT2D eigenvalue weighted by Gasteiger charge is 2.28. The fraction of sp³-hybridized carbons (Fsp3) is 0.409. The topological polar surface area (TPSA) is 92.3 Å². The molecule has 1 N–H and O–H groups in total. The number of hydrogen-bond acceptors (Lipinski definition) is 5. The normalized spacial score (nSPS) is 14.5. The van der Waals surface area contributed by atoms with Gasteiger partial charge in [0.05, 0.1) is 12.7 Å². The molecular weight excluding hydrogens is 356 g/mol. The van der Waals surface area contributed by atoms with Gasteiger partial charge in [-0.15, -0.1) is 0 Å². The first-order valence-electron chi connectivity index (χ1n) is 9.52. The SMILES string of the molecule is COc1ccc(CC(=O)c2c(C)c(C#N)c(=O)n(C3CCCCC3)c2O)cc1. The second-order valence-electron chi connectivity index (χ2n) is 7.23. The largest absolute Gasteiger partial charge is 0.497 e. The Labute approximate surface area is 164 Å². The number of aromatic hydroxyl groups is 1. The molecule has 0 spiro atoms. The molecular formula is C22H24N2O4. The first-order chi connectivity index (χ1) is 13.5. The van der Waals surface area contributed by atoms with Crippen molar-refractivity contribution < 1.29 is 14.6 Å². The molecule has 6 nitrogen and oxygen atoms in total. The van der Waals surface area contributed by atoms with Gasteiger partial charge in [0, 0.05) is 12.5 Å². The summed E-state index contributed by atoms with van der Waals surface area (Å²) in [5.74, 6) is 0.0565. The fourth-order valence-electron chi connectivity index (χ4n) is 3.95. The minimum atomic E-state index is -0.509. The molecule has 1 fully saturated rings. The highest BCUT2D eigenvalue weighted by atomic mass is 16.5. The Balaban J connectivity index is 2.04. The van der Waals surface area contributed by atoms with Crippen LogP contribution < -0.4 is 10.3 Å². The van der Waals surface area contributed by atoms with E-state index >= 15 is 0 Å². The number of Topliss-reactive ketones (excluding diaryl/α,β-unsaturated/α-hetero) is 1. The van der Waals surface area contributed by atoms with Crippen molar-refractivity contribution in [3.8, 4) is 17.7 Å². The van der Waals surface area contributed by atoms with Crippen molar-refractivity contribution in [2.75, 3.05) is 7.11 Å². The van der Waals surface area contributed by atoms with E-state index in [1.54, 1.807) is 38.3 Å². The van der Waals surface area contributed by atoms with Gasteiger partial charge < -0.3 is 9.84 Å². The predicted octanol–water partition coefficient (Wildman–Crippen LogP) is 3.67. The molecule has 0 atom stereocenters. The van der Waals surface area contributed by atoms with Crippen molar-refractivity contribution >= 4 is 5.78 Å². The number of methoxy groups -OCH3 is 1.